The molecule has 0 saturated heterocycles. The van der Waals surface area contributed by atoms with E-state index in [0.717, 1.165) is 5.56 Å². The topological polar surface area (TPSA) is 63.5 Å². The molecule has 0 aromatic heterocycles. The number of amides is 1. The zero-order valence-electron chi connectivity index (χ0n) is 11.9. The van der Waals surface area contributed by atoms with Crippen molar-refractivity contribution in [2.45, 2.75) is 13.0 Å². The first-order valence-corrected chi connectivity index (χ1v) is 6.57. The highest BCUT2D eigenvalue weighted by Gasteiger charge is 2.19. The molecule has 0 N–H and O–H groups in total. The Kier molecular flexibility index (Phi) is 4.33. The molecule has 1 amide bonds. The molecular weight excluding hydrogens is 268 g/mol. The van der Waals surface area contributed by atoms with Crippen LogP contribution in [0, 0.1) is 10.1 Å². The summed E-state index contributed by atoms with van der Waals surface area (Å²) in [5, 5.41) is 10.6. The monoisotopic (exact) mass is 284 g/mol. The molecule has 0 radical (unpaired) electrons. The third-order valence-corrected chi connectivity index (χ3v) is 3.51. The Bertz CT molecular complexity index is 638. The van der Waals surface area contributed by atoms with E-state index in [1.807, 2.05) is 37.3 Å². The predicted octanol–water partition coefficient (Wildman–Crippen LogP) is 3.43. The SMILES string of the molecule is CC(c1ccccc1)N(C)C(=O)c1ccc([N+](=O)[O-])cc1. The van der Waals surface area contributed by atoms with Gasteiger partial charge in [-0.3, -0.25) is 14.9 Å². The molecule has 2 aromatic carbocycles. The van der Waals surface area contributed by atoms with Gasteiger partial charge in [-0.15, -0.1) is 0 Å². The van der Waals surface area contributed by atoms with Crippen LogP contribution < -0.4 is 0 Å². The van der Waals surface area contributed by atoms with Crippen LogP contribution in [0.15, 0.2) is 54.6 Å². The van der Waals surface area contributed by atoms with Gasteiger partial charge in [0.15, 0.2) is 0 Å². The second-order valence-corrected chi connectivity index (χ2v) is 4.81. The largest absolute Gasteiger partial charge is 0.335 e. The van der Waals surface area contributed by atoms with Crippen molar-refractivity contribution in [1.82, 2.24) is 4.90 Å². The lowest BCUT2D eigenvalue weighted by Gasteiger charge is -2.25. The van der Waals surface area contributed by atoms with E-state index in [1.165, 1.54) is 24.3 Å². The molecule has 5 heteroatoms. The number of nitrogens with zero attached hydrogens (tertiary/aromatic N) is 2. The third kappa shape index (κ3) is 3.25. The van der Waals surface area contributed by atoms with Crippen LogP contribution in [0.5, 0.6) is 0 Å². The summed E-state index contributed by atoms with van der Waals surface area (Å²) >= 11 is 0. The first kappa shape index (κ1) is 14.7. The molecule has 0 bridgehead atoms. The van der Waals surface area contributed by atoms with Gasteiger partial charge in [0.05, 0.1) is 11.0 Å². The molecule has 5 nitrogen and oxygen atoms in total. The third-order valence-electron chi connectivity index (χ3n) is 3.51. The van der Waals surface area contributed by atoms with E-state index < -0.39 is 4.92 Å². The van der Waals surface area contributed by atoms with Crippen molar-refractivity contribution in [1.29, 1.82) is 0 Å². The second-order valence-electron chi connectivity index (χ2n) is 4.81. The molecule has 0 aliphatic rings. The summed E-state index contributed by atoms with van der Waals surface area (Å²) in [4.78, 5) is 24.2. The van der Waals surface area contributed by atoms with Gasteiger partial charge in [-0.2, -0.15) is 0 Å². The number of rotatable bonds is 4. The zero-order valence-corrected chi connectivity index (χ0v) is 11.9. The van der Waals surface area contributed by atoms with E-state index in [4.69, 9.17) is 0 Å². The Morgan fingerprint density at radius 1 is 1.10 bits per heavy atom. The number of hydrogen-bond donors (Lipinski definition) is 0. The fourth-order valence-electron chi connectivity index (χ4n) is 2.06. The first-order chi connectivity index (χ1) is 10.0. The Morgan fingerprint density at radius 2 is 1.67 bits per heavy atom. The summed E-state index contributed by atoms with van der Waals surface area (Å²) < 4.78 is 0. The van der Waals surface area contributed by atoms with Crippen molar-refractivity contribution in [2.24, 2.45) is 0 Å². The molecule has 21 heavy (non-hydrogen) atoms. The van der Waals surface area contributed by atoms with Crippen LogP contribution >= 0.6 is 0 Å². The highest BCUT2D eigenvalue weighted by atomic mass is 16.6. The molecule has 2 rings (SSSR count). The summed E-state index contributed by atoms with van der Waals surface area (Å²) in [5.74, 6) is -0.166. The van der Waals surface area contributed by atoms with Gasteiger partial charge < -0.3 is 4.90 Å². The van der Waals surface area contributed by atoms with Gasteiger partial charge in [-0.05, 0) is 24.6 Å². The summed E-state index contributed by atoms with van der Waals surface area (Å²) in [5.41, 5.74) is 1.45. The van der Waals surface area contributed by atoms with Crippen LogP contribution in [-0.4, -0.2) is 22.8 Å². The molecule has 0 spiro atoms. The van der Waals surface area contributed by atoms with Gasteiger partial charge in [-0.25, -0.2) is 0 Å². The number of benzene rings is 2. The molecule has 1 unspecified atom stereocenters. The lowest BCUT2D eigenvalue weighted by atomic mass is 10.1. The highest BCUT2D eigenvalue weighted by molar-refractivity contribution is 5.94. The van der Waals surface area contributed by atoms with Crippen LogP contribution in [0.1, 0.15) is 28.9 Å². The van der Waals surface area contributed by atoms with Crippen LogP contribution in [0.3, 0.4) is 0 Å². The smallest absolute Gasteiger partial charge is 0.269 e. The maximum absolute atomic E-state index is 12.4. The Balaban J connectivity index is 2.17. The summed E-state index contributed by atoms with van der Waals surface area (Å²) in [7, 11) is 1.72. The van der Waals surface area contributed by atoms with Crippen LogP contribution in [0.2, 0.25) is 0 Å². The molecule has 0 heterocycles. The van der Waals surface area contributed by atoms with E-state index >= 15 is 0 Å². The van der Waals surface area contributed by atoms with Gasteiger partial charge in [0, 0.05) is 24.7 Å². The lowest BCUT2D eigenvalue weighted by molar-refractivity contribution is -0.384. The highest BCUT2D eigenvalue weighted by Crippen LogP contribution is 2.21. The number of nitro groups is 1. The quantitative estimate of drug-likeness (QED) is 0.638. The van der Waals surface area contributed by atoms with Crippen molar-refractivity contribution in [2.75, 3.05) is 7.05 Å². The number of nitro benzene ring substituents is 1. The molecular formula is C16H16N2O3. The molecule has 1 atom stereocenters. The standard InChI is InChI=1S/C16H16N2O3/c1-12(13-6-4-3-5-7-13)17(2)16(19)14-8-10-15(11-9-14)18(20)21/h3-12H,1-2H3. The van der Waals surface area contributed by atoms with Crippen LogP contribution in [0.25, 0.3) is 0 Å². The van der Waals surface area contributed by atoms with E-state index in [1.54, 1.807) is 11.9 Å². The van der Waals surface area contributed by atoms with Crippen molar-refractivity contribution in [3.8, 4) is 0 Å². The molecule has 0 fully saturated rings. The van der Waals surface area contributed by atoms with Crippen molar-refractivity contribution in [3.63, 3.8) is 0 Å². The van der Waals surface area contributed by atoms with E-state index in [9.17, 15) is 14.9 Å². The average Bonchev–Trinajstić information content (AvgIpc) is 2.53. The van der Waals surface area contributed by atoms with Gasteiger partial charge >= 0.3 is 0 Å². The number of carbonyl (C=O) groups excluding carboxylic acids is 1. The fraction of sp³-hybridized carbons (Fsp3) is 0.188. The molecule has 108 valence electrons. The van der Waals surface area contributed by atoms with E-state index in [0.29, 0.717) is 5.56 Å². The number of hydrogen-bond acceptors (Lipinski definition) is 3. The van der Waals surface area contributed by atoms with Gasteiger partial charge in [0.25, 0.3) is 11.6 Å². The van der Waals surface area contributed by atoms with Gasteiger partial charge in [-0.1, -0.05) is 30.3 Å². The normalized spacial score (nSPS) is 11.7. The Morgan fingerprint density at radius 3 is 2.19 bits per heavy atom. The average molecular weight is 284 g/mol. The van der Waals surface area contributed by atoms with E-state index in [2.05, 4.69) is 0 Å². The van der Waals surface area contributed by atoms with Crippen LogP contribution in [-0.2, 0) is 0 Å². The summed E-state index contributed by atoms with van der Waals surface area (Å²) in [6.07, 6.45) is 0. The zero-order chi connectivity index (χ0) is 15.4. The summed E-state index contributed by atoms with van der Waals surface area (Å²) in [6, 6.07) is 15.3. The lowest BCUT2D eigenvalue weighted by Crippen LogP contribution is -2.29. The fourth-order valence-corrected chi connectivity index (χ4v) is 2.06. The van der Waals surface area contributed by atoms with Crippen molar-refractivity contribution >= 4 is 11.6 Å². The Hall–Kier alpha value is -2.69. The number of carbonyl (C=O) groups is 1. The second kappa shape index (κ2) is 6.17. The molecule has 0 aliphatic carbocycles. The van der Waals surface area contributed by atoms with E-state index in [-0.39, 0.29) is 17.6 Å². The first-order valence-electron chi connectivity index (χ1n) is 6.57. The maximum atomic E-state index is 12.4. The minimum Gasteiger partial charge on any atom is -0.335 e. The minimum atomic E-state index is -0.482. The Labute approximate surface area is 123 Å². The summed E-state index contributed by atoms with van der Waals surface area (Å²) in [6.45, 7) is 1.94. The van der Waals surface area contributed by atoms with Gasteiger partial charge in [0.1, 0.15) is 0 Å². The van der Waals surface area contributed by atoms with Gasteiger partial charge in [0.2, 0.25) is 0 Å². The van der Waals surface area contributed by atoms with Crippen LogP contribution in [0.4, 0.5) is 5.69 Å². The van der Waals surface area contributed by atoms with Crippen molar-refractivity contribution in [3.05, 3.63) is 75.8 Å². The maximum Gasteiger partial charge on any atom is 0.269 e. The molecule has 0 saturated carbocycles. The number of non-ortho nitro benzene ring substituents is 1. The van der Waals surface area contributed by atoms with Crippen molar-refractivity contribution < 1.29 is 9.72 Å². The molecule has 0 aliphatic heterocycles. The predicted molar refractivity (Wildman–Crippen MR) is 80.0 cm³/mol. The molecule has 2 aromatic rings. The minimum absolute atomic E-state index is 0.0229.